The molecule has 0 aliphatic heterocycles. The maximum Gasteiger partial charge on any atom is 0.261 e. The van der Waals surface area contributed by atoms with Crippen molar-refractivity contribution < 1.29 is 17.6 Å². The second-order valence-electron chi connectivity index (χ2n) is 5.52. The van der Waals surface area contributed by atoms with E-state index in [0.29, 0.717) is 24.6 Å². The highest BCUT2D eigenvalue weighted by Crippen LogP contribution is 2.21. The molecule has 136 valence electrons. The molecule has 3 rings (SSSR count). The number of anilines is 2. The molecule has 0 aliphatic carbocycles. The van der Waals surface area contributed by atoms with Crippen LogP contribution < -0.4 is 14.8 Å². The van der Waals surface area contributed by atoms with E-state index in [2.05, 4.69) is 10.0 Å². The number of furan rings is 1. The summed E-state index contributed by atoms with van der Waals surface area (Å²) in [5.41, 5.74) is 1.35. The largest absolute Gasteiger partial charge is 0.494 e. The van der Waals surface area contributed by atoms with Gasteiger partial charge in [0.05, 0.1) is 24.3 Å². The molecular formula is C19H20N2O4S. The van der Waals surface area contributed by atoms with Crippen LogP contribution in [0.3, 0.4) is 0 Å². The van der Waals surface area contributed by atoms with Gasteiger partial charge < -0.3 is 14.5 Å². The molecule has 3 aromatic rings. The molecule has 0 saturated carbocycles. The van der Waals surface area contributed by atoms with E-state index in [-0.39, 0.29) is 4.90 Å². The Balaban J connectivity index is 1.63. The molecule has 0 radical (unpaired) electrons. The fourth-order valence-corrected chi connectivity index (χ4v) is 3.41. The van der Waals surface area contributed by atoms with Gasteiger partial charge in [-0.05, 0) is 67.6 Å². The zero-order valence-corrected chi connectivity index (χ0v) is 15.1. The Kier molecular flexibility index (Phi) is 5.48. The maximum absolute atomic E-state index is 12.5. The van der Waals surface area contributed by atoms with E-state index in [4.69, 9.17) is 9.15 Å². The number of nitrogens with one attached hydrogen (secondary N) is 2. The summed E-state index contributed by atoms with van der Waals surface area (Å²) in [4.78, 5) is 0.181. The van der Waals surface area contributed by atoms with Crippen molar-refractivity contribution in [1.82, 2.24) is 0 Å². The summed E-state index contributed by atoms with van der Waals surface area (Å²) in [6, 6.07) is 17.0. The van der Waals surface area contributed by atoms with Gasteiger partial charge in [0, 0.05) is 11.4 Å². The molecule has 26 heavy (non-hydrogen) atoms. The van der Waals surface area contributed by atoms with Gasteiger partial charge in [0.2, 0.25) is 0 Å². The van der Waals surface area contributed by atoms with Gasteiger partial charge in [-0.1, -0.05) is 0 Å². The predicted octanol–water partition coefficient (Wildman–Crippen LogP) is 4.09. The van der Waals surface area contributed by atoms with Crippen molar-refractivity contribution in [3.05, 3.63) is 72.7 Å². The van der Waals surface area contributed by atoms with Crippen molar-refractivity contribution in [2.75, 3.05) is 16.6 Å². The highest BCUT2D eigenvalue weighted by molar-refractivity contribution is 7.92. The van der Waals surface area contributed by atoms with Crippen LogP contribution in [0, 0.1) is 0 Å². The van der Waals surface area contributed by atoms with Crippen LogP contribution in [0.2, 0.25) is 0 Å². The third-order valence-electron chi connectivity index (χ3n) is 3.63. The van der Waals surface area contributed by atoms with Crippen LogP contribution in [0.5, 0.6) is 5.75 Å². The van der Waals surface area contributed by atoms with Gasteiger partial charge in [0.1, 0.15) is 11.5 Å². The van der Waals surface area contributed by atoms with Gasteiger partial charge in [0.25, 0.3) is 10.0 Å². The molecule has 0 bridgehead atoms. The van der Waals surface area contributed by atoms with Gasteiger partial charge in [-0.3, -0.25) is 4.72 Å². The summed E-state index contributed by atoms with van der Waals surface area (Å²) in [6.45, 7) is 2.97. The van der Waals surface area contributed by atoms with E-state index in [1.165, 1.54) is 12.1 Å². The Labute approximate surface area is 152 Å². The number of rotatable bonds is 8. The average molecular weight is 372 g/mol. The highest BCUT2D eigenvalue weighted by atomic mass is 32.2. The standard InChI is InChI=1S/C19H20N2O4S/c1-2-24-17-9-11-19(12-10-17)26(22,23)21-16-7-5-15(6-8-16)20-14-18-4-3-13-25-18/h3-13,20-21H,2,14H2,1H3. The molecule has 6 nitrogen and oxygen atoms in total. The maximum atomic E-state index is 12.5. The molecule has 1 aromatic heterocycles. The normalized spacial score (nSPS) is 11.1. The Morgan fingerprint density at radius 1 is 0.962 bits per heavy atom. The monoisotopic (exact) mass is 372 g/mol. The third kappa shape index (κ3) is 4.58. The number of hydrogen-bond acceptors (Lipinski definition) is 5. The fourth-order valence-electron chi connectivity index (χ4n) is 2.35. The zero-order chi connectivity index (χ0) is 18.4. The SMILES string of the molecule is CCOc1ccc(S(=O)(=O)Nc2ccc(NCc3ccco3)cc2)cc1. The van der Waals surface area contributed by atoms with Crippen molar-refractivity contribution >= 4 is 21.4 Å². The van der Waals surface area contributed by atoms with E-state index >= 15 is 0 Å². The van der Waals surface area contributed by atoms with E-state index in [9.17, 15) is 8.42 Å². The number of hydrogen-bond donors (Lipinski definition) is 2. The van der Waals surface area contributed by atoms with Crippen LogP contribution >= 0.6 is 0 Å². The van der Waals surface area contributed by atoms with Gasteiger partial charge in [0.15, 0.2) is 0 Å². The Morgan fingerprint density at radius 3 is 2.27 bits per heavy atom. The highest BCUT2D eigenvalue weighted by Gasteiger charge is 2.14. The van der Waals surface area contributed by atoms with Crippen LogP contribution in [-0.4, -0.2) is 15.0 Å². The van der Waals surface area contributed by atoms with Gasteiger partial charge >= 0.3 is 0 Å². The molecule has 0 unspecified atom stereocenters. The first kappa shape index (κ1) is 17.9. The molecule has 2 N–H and O–H groups in total. The van der Waals surface area contributed by atoms with Crippen molar-refractivity contribution in [3.8, 4) is 5.75 Å². The first-order valence-corrected chi connectivity index (χ1v) is 9.67. The van der Waals surface area contributed by atoms with E-state index in [0.717, 1.165) is 11.4 Å². The summed E-state index contributed by atoms with van der Waals surface area (Å²) in [6.07, 6.45) is 1.62. The van der Waals surface area contributed by atoms with Crippen LogP contribution in [0.1, 0.15) is 12.7 Å². The van der Waals surface area contributed by atoms with Crippen molar-refractivity contribution in [1.29, 1.82) is 0 Å². The first-order valence-electron chi connectivity index (χ1n) is 8.19. The van der Waals surface area contributed by atoms with Crippen LogP contribution in [0.25, 0.3) is 0 Å². The van der Waals surface area contributed by atoms with E-state index in [1.54, 1.807) is 42.7 Å². The minimum Gasteiger partial charge on any atom is -0.494 e. The van der Waals surface area contributed by atoms with E-state index in [1.807, 2.05) is 19.1 Å². The van der Waals surface area contributed by atoms with Crippen LogP contribution in [0.4, 0.5) is 11.4 Å². The van der Waals surface area contributed by atoms with Crippen LogP contribution in [0.15, 0.2) is 76.2 Å². The zero-order valence-electron chi connectivity index (χ0n) is 14.3. The van der Waals surface area contributed by atoms with Crippen molar-refractivity contribution in [3.63, 3.8) is 0 Å². The minimum atomic E-state index is -3.65. The molecule has 1 heterocycles. The fraction of sp³-hybridized carbons (Fsp3) is 0.158. The average Bonchev–Trinajstić information content (AvgIpc) is 3.15. The number of sulfonamides is 1. The summed E-state index contributed by atoms with van der Waals surface area (Å²) in [5.74, 6) is 1.46. The summed E-state index contributed by atoms with van der Waals surface area (Å²) >= 11 is 0. The molecule has 0 fully saturated rings. The van der Waals surface area contributed by atoms with Gasteiger partial charge in [-0.2, -0.15) is 0 Å². The molecule has 0 amide bonds. The lowest BCUT2D eigenvalue weighted by molar-refractivity contribution is 0.340. The summed E-state index contributed by atoms with van der Waals surface area (Å²) in [7, 11) is -3.65. The Bertz CT molecular complexity index is 919. The third-order valence-corrected chi connectivity index (χ3v) is 5.03. The number of ether oxygens (including phenoxy) is 1. The lowest BCUT2D eigenvalue weighted by Crippen LogP contribution is -2.12. The molecule has 0 atom stereocenters. The lowest BCUT2D eigenvalue weighted by atomic mass is 10.3. The van der Waals surface area contributed by atoms with Gasteiger partial charge in [-0.15, -0.1) is 0 Å². The molecule has 2 aromatic carbocycles. The Morgan fingerprint density at radius 2 is 1.65 bits per heavy atom. The van der Waals surface area contributed by atoms with Crippen LogP contribution in [-0.2, 0) is 16.6 Å². The molecule has 0 aliphatic rings. The second-order valence-corrected chi connectivity index (χ2v) is 7.20. The molecule has 0 saturated heterocycles. The summed E-state index contributed by atoms with van der Waals surface area (Å²) < 4.78 is 38.1. The predicted molar refractivity (Wildman–Crippen MR) is 101 cm³/mol. The minimum absolute atomic E-state index is 0.181. The first-order chi connectivity index (χ1) is 12.6. The molecule has 0 spiro atoms. The smallest absolute Gasteiger partial charge is 0.261 e. The number of benzene rings is 2. The van der Waals surface area contributed by atoms with Gasteiger partial charge in [-0.25, -0.2) is 8.42 Å². The molecular weight excluding hydrogens is 352 g/mol. The lowest BCUT2D eigenvalue weighted by Gasteiger charge is -2.10. The Hall–Kier alpha value is -2.93. The second kappa shape index (κ2) is 7.97. The quantitative estimate of drug-likeness (QED) is 0.622. The van der Waals surface area contributed by atoms with Crippen molar-refractivity contribution in [2.45, 2.75) is 18.4 Å². The van der Waals surface area contributed by atoms with Crippen molar-refractivity contribution in [2.24, 2.45) is 0 Å². The summed E-state index contributed by atoms with van der Waals surface area (Å²) in [5, 5.41) is 3.20. The molecule has 7 heteroatoms. The van der Waals surface area contributed by atoms with E-state index < -0.39 is 10.0 Å². The topological polar surface area (TPSA) is 80.6 Å².